The summed E-state index contributed by atoms with van der Waals surface area (Å²) in [5.74, 6) is -2.59. The molecule has 174 valence electrons. The van der Waals surface area contributed by atoms with E-state index < -0.39 is 41.6 Å². The first-order chi connectivity index (χ1) is 15.6. The van der Waals surface area contributed by atoms with E-state index in [0.29, 0.717) is 5.69 Å². The molecule has 8 nitrogen and oxygen atoms in total. The third-order valence-corrected chi connectivity index (χ3v) is 5.37. The van der Waals surface area contributed by atoms with E-state index in [2.05, 4.69) is 10.3 Å². The van der Waals surface area contributed by atoms with Gasteiger partial charge in [-0.1, -0.05) is 42.5 Å². The van der Waals surface area contributed by atoms with Crippen LogP contribution in [-0.4, -0.2) is 40.7 Å². The van der Waals surface area contributed by atoms with Crippen molar-refractivity contribution in [3.05, 3.63) is 64.6 Å². The molecule has 0 radical (unpaired) electrons. The molecule has 3 aromatic rings. The number of aromatic nitrogens is 1. The molecule has 0 aliphatic carbocycles. The second kappa shape index (κ2) is 10.1. The van der Waals surface area contributed by atoms with Crippen molar-refractivity contribution in [3.63, 3.8) is 0 Å². The average molecular weight is 470 g/mol. The number of carbonyl (C=O) groups excluding carboxylic acids is 3. The number of nitrogens with two attached hydrogens (primary N) is 1. The molecule has 3 atom stereocenters. The van der Waals surface area contributed by atoms with Gasteiger partial charge in [0.05, 0.1) is 17.1 Å². The number of nitrogens with one attached hydrogen (secondary N) is 1. The minimum atomic E-state index is -1.30. The summed E-state index contributed by atoms with van der Waals surface area (Å²) in [6.07, 6.45) is -0.821. The zero-order valence-electron chi connectivity index (χ0n) is 18.9. The largest absolute Gasteiger partial charge is 0.444 e. The summed E-state index contributed by atoms with van der Waals surface area (Å²) in [5, 5.41) is 6.22. The molecule has 0 fully saturated rings. The van der Waals surface area contributed by atoms with Crippen molar-refractivity contribution in [3.8, 4) is 0 Å². The van der Waals surface area contributed by atoms with E-state index in [1.165, 1.54) is 18.3 Å². The molecule has 2 aromatic carbocycles. The Hall–Kier alpha value is -3.30. The molecule has 3 N–H and O–H groups in total. The van der Waals surface area contributed by atoms with Crippen LogP contribution < -0.4 is 11.1 Å². The highest BCUT2D eigenvalue weighted by Gasteiger charge is 2.38. The molecule has 3 rings (SSSR count). The lowest BCUT2D eigenvalue weighted by molar-refractivity contribution is -0.162. The lowest BCUT2D eigenvalue weighted by Crippen LogP contribution is -2.49. The number of fused-ring (bicyclic) bond motifs is 1. The van der Waals surface area contributed by atoms with Gasteiger partial charge in [-0.05, 0) is 44.0 Å². The minimum Gasteiger partial charge on any atom is -0.444 e. The van der Waals surface area contributed by atoms with Crippen LogP contribution in [0.15, 0.2) is 53.4 Å². The van der Waals surface area contributed by atoms with Crippen LogP contribution >= 0.6 is 11.3 Å². The van der Waals surface area contributed by atoms with Crippen molar-refractivity contribution < 1.29 is 23.9 Å². The number of thiazole rings is 1. The number of hydrogen-bond donors (Lipinski definition) is 2. The zero-order valence-corrected chi connectivity index (χ0v) is 19.7. The number of esters is 2. The van der Waals surface area contributed by atoms with Gasteiger partial charge in [0.15, 0.2) is 0 Å². The maximum absolute atomic E-state index is 13.2. The molecular formula is C24H27N3O5S. The molecule has 2 unspecified atom stereocenters. The Labute approximate surface area is 196 Å². The average Bonchev–Trinajstić information content (AvgIpc) is 3.26. The van der Waals surface area contributed by atoms with Gasteiger partial charge < -0.3 is 20.5 Å². The summed E-state index contributed by atoms with van der Waals surface area (Å²) in [7, 11) is 0. The number of benzene rings is 2. The lowest BCUT2D eigenvalue weighted by atomic mass is 9.85. The molecule has 9 heteroatoms. The topological polar surface area (TPSA) is 121 Å². The first-order valence-electron chi connectivity index (χ1n) is 10.4. The lowest BCUT2D eigenvalue weighted by Gasteiger charge is -2.28. The number of ether oxygens (including phenoxy) is 2. The maximum Gasteiger partial charge on any atom is 0.408 e. The predicted molar refractivity (Wildman–Crippen MR) is 126 cm³/mol. The second-order valence-corrected chi connectivity index (χ2v) is 9.33. The molecule has 0 bridgehead atoms. The minimum absolute atomic E-state index is 0.544. The van der Waals surface area contributed by atoms with Crippen molar-refractivity contribution >= 4 is 40.1 Å². The van der Waals surface area contributed by atoms with Crippen LogP contribution in [0.1, 0.15) is 44.9 Å². The van der Waals surface area contributed by atoms with E-state index in [0.717, 1.165) is 16.3 Å². The van der Waals surface area contributed by atoms with Crippen LogP contribution in [-0.2, 0) is 19.1 Å². The van der Waals surface area contributed by atoms with Crippen LogP contribution in [0.25, 0.3) is 10.8 Å². The molecule has 0 saturated heterocycles. The quantitative estimate of drug-likeness (QED) is 0.417. The summed E-state index contributed by atoms with van der Waals surface area (Å²) in [5.41, 5.74) is 7.70. The van der Waals surface area contributed by atoms with Crippen molar-refractivity contribution in [2.75, 3.05) is 0 Å². The predicted octanol–water partition coefficient (Wildman–Crippen LogP) is 3.74. The molecule has 0 aliphatic heterocycles. The molecule has 1 amide bonds. The first-order valence-corrected chi connectivity index (χ1v) is 11.4. The van der Waals surface area contributed by atoms with Gasteiger partial charge in [-0.25, -0.2) is 19.4 Å². The molecule has 1 aromatic heterocycles. The van der Waals surface area contributed by atoms with Gasteiger partial charge in [0.2, 0.25) is 0 Å². The van der Waals surface area contributed by atoms with Crippen molar-refractivity contribution in [2.24, 2.45) is 5.73 Å². The van der Waals surface area contributed by atoms with Gasteiger partial charge >= 0.3 is 18.0 Å². The van der Waals surface area contributed by atoms with Crippen LogP contribution in [0, 0.1) is 0 Å². The molecule has 0 aliphatic rings. The van der Waals surface area contributed by atoms with E-state index in [1.54, 1.807) is 31.7 Å². The Morgan fingerprint density at radius 2 is 1.76 bits per heavy atom. The van der Waals surface area contributed by atoms with Crippen molar-refractivity contribution in [1.82, 2.24) is 10.3 Å². The van der Waals surface area contributed by atoms with E-state index in [4.69, 9.17) is 15.2 Å². The highest BCUT2D eigenvalue weighted by Crippen LogP contribution is 2.34. The molecule has 0 spiro atoms. The Kier molecular flexibility index (Phi) is 7.45. The van der Waals surface area contributed by atoms with Crippen LogP contribution in [0.2, 0.25) is 0 Å². The Morgan fingerprint density at radius 1 is 1.06 bits per heavy atom. The van der Waals surface area contributed by atoms with E-state index in [-0.39, 0.29) is 0 Å². The first kappa shape index (κ1) is 24.3. The summed E-state index contributed by atoms with van der Waals surface area (Å²) in [6, 6.07) is 11.0. The van der Waals surface area contributed by atoms with E-state index in [9.17, 15) is 14.4 Å². The fourth-order valence-electron chi connectivity index (χ4n) is 3.38. The number of rotatable bonds is 6. The Balaban J connectivity index is 2.12. The normalized spacial score (nSPS) is 14.2. The fraction of sp³-hybridized carbons (Fsp3) is 0.333. The van der Waals surface area contributed by atoms with Crippen molar-refractivity contribution in [2.45, 2.75) is 51.3 Å². The van der Waals surface area contributed by atoms with Gasteiger partial charge in [0, 0.05) is 5.38 Å². The van der Waals surface area contributed by atoms with Crippen LogP contribution in [0.5, 0.6) is 0 Å². The monoisotopic (exact) mass is 469 g/mol. The number of nitrogens with zero attached hydrogens (tertiary/aromatic N) is 1. The number of hydrogen-bond acceptors (Lipinski definition) is 8. The second-order valence-electron chi connectivity index (χ2n) is 8.61. The smallest absolute Gasteiger partial charge is 0.408 e. The van der Waals surface area contributed by atoms with Gasteiger partial charge in [-0.3, -0.25) is 0 Å². The van der Waals surface area contributed by atoms with Gasteiger partial charge in [0.25, 0.3) is 0 Å². The molecule has 0 saturated carbocycles. The number of carbonyl (C=O) groups is 3. The third kappa shape index (κ3) is 6.15. The summed E-state index contributed by atoms with van der Waals surface area (Å²) < 4.78 is 10.4. The summed E-state index contributed by atoms with van der Waals surface area (Å²) in [6.45, 7) is 6.54. The molecule has 33 heavy (non-hydrogen) atoms. The third-order valence-electron chi connectivity index (χ3n) is 4.76. The maximum atomic E-state index is 13.2. The Morgan fingerprint density at radius 3 is 2.39 bits per heavy atom. The van der Waals surface area contributed by atoms with E-state index >= 15 is 0 Å². The molecular weight excluding hydrogens is 442 g/mol. The standard InChI is InChI=1S/C24H27N3O5S/c1-14(25)21(28)31-22(29)20(27-23(30)32-24(2,3)4)19(18-12-33-13-26-18)17-11-7-9-15-8-5-6-10-16(15)17/h5-14,19-20H,25H2,1-4H3,(H,27,30)/t14-,19?,20?/m0/s1. The van der Waals surface area contributed by atoms with Gasteiger partial charge in [-0.15, -0.1) is 11.3 Å². The van der Waals surface area contributed by atoms with Crippen LogP contribution in [0.4, 0.5) is 4.79 Å². The SMILES string of the molecule is C[C@H](N)C(=O)OC(=O)C(NC(=O)OC(C)(C)C)C(c1cscn1)c1cccc2ccccc12. The summed E-state index contributed by atoms with van der Waals surface area (Å²) >= 11 is 1.35. The number of alkyl carbamates (subject to hydrolysis) is 1. The van der Waals surface area contributed by atoms with Gasteiger partial charge in [-0.2, -0.15) is 0 Å². The van der Waals surface area contributed by atoms with E-state index in [1.807, 2.05) is 42.5 Å². The highest BCUT2D eigenvalue weighted by atomic mass is 32.1. The fourth-order valence-corrected chi connectivity index (χ4v) is 3.97. The highest BCUT2D eigenvalue weighted by molar-refractivity contribution is 7.07. The summed E-state index contributed by atoms with van der Waals surface area (Å²) in [4.78, 5) is 42.4. The van der Waals surface area contributed by atoms with Crippen LogP contribution in [0.3, 0.4) is 0 Å². The Bertz CT molecular complexity index is 1130. The van der Waals surface area contributed by atoms with Crippen molar-refractivity contribution in [1.29, 1.82) is 0 Å². The van der Waals surface area contributed by atoms with Gasteiger partial charge in [0.1, 0.15) is 17.7 Å². The zero-order chi connectivity index (χ0) is 24.2. The molecule has 1 heterocycles. The number of amides is 1.